The predicted octanol–water partition coefficient (Wildman–Crippen LogP) is 3.08. The van der Waals surface area contributed by atoms with Gasteiger partial charge >= 0.3 is 0 Å². The third kappa shape index (κ3) is 3.13. The number of anilines is 2. The summed E-state index contributed by atoms with van der Waals surface area (Å²) in [7, 11) is 1.50. The van der Waals surface area contributed by atoms with E-state index in [0.717, 1.165) is 0 Å². The van der Waals surface area contributed by atoms with E-state index in [0.29, 0.717) is 29.2 Å². The van der Waals surface area contributed by atoms with Gasteiger partial charge < -0.3 is 15.4 Å². The molecule has 0 fully saturated rings. The van der Waals surface area contributed by atoms with Crippen molar-refractivity contribution in [2.45, 2.75) is 6.92 Å². The topological polar surface area (TPSA) is 55.6 Å². The Hall–Kier alpha value is -2.56. The van der Waals surface area contributed by atoms with Gasteiger partial charge in [-0.25, -0.2) is 4.39 Å². The smallest absolute Gasteiger partial charge is 0.262 e. The van der Waals surface area contributed by atoms with Crippen molar-refractivity contribution in [3.63, 3.8) is 0 Å². The fourth-order valence-electron chi connectivity index (χ4n) is 2.10. The van der Waals surface area contributed by atoms with Crippen LogP contribution in [0.1, 0.15) is 17.3 Å². The van der Waals surface area contributed by atoms with Gasteiger partial charge in [0.05, 0.1) is 12.7 Å². The first kappa shape index (κ1) is 14.8. The van der Waals surface area contributed by atoms with Crippen molar-refractivity contribution < 1.29 is 13.9 Å². The summed E-state index contributed by atoms with van der Waals surface area (Å²) in [5, 5.41) is 0. The molecule has 21 heavy (non-hydrogen) atoms. The summed E-state index contributed by atoms with van der Waals surface area (Å²) in [6, 6.07) is 10.7. The first-order valence-electron chi connectivity index (χ1n) is 6.57. The fraction of sp³-hybridized carbons (Fsp3) is 0.188. The number of hydrogen-bond acceptors (Lipinski definition) is 3. The van der Waals surface area contributed by atoms with Crippen LogP contribution in [0.4, 0.5) is 15.8 Å². The number of halogens is 1. The maximum absolute atomic E-state index is 13.0. The number of carbonyl (C=O) groups is 1. The van der Waals surface area contributed by atoms with Crippen LogP contribution in [0.5, 0.6) is 5.75 Å². The summed E-state index contributed by atoms with van der Waals surface area (Å²) in [4.78, 5) is 14.2. The van der Waals surface area contributed by atoms with E-state index in [9.17, 15) is 9.18 Å². The van der Waals surface area contributed by atoms with Crippen molar-refractivity contribution in [1.29, 1.82) is 0 Å². The Kier molecular flexibility index (Phi) is 4.42. The lowest BCUT2D eigenvalue weighted by molar-refractivity contribution is 0.0985. The van der Waals surface area contributed by atoms with Crippen molar-refractivity contribution in [2.24, 2.45) is 0 Å². The average molecular weight is 288 g/mol. The molecule has 0 aliphatic carbocycles. The second-order valence-electron chi connectivity index (χ2n) is 4.49. The highest BCUT2D eigenvalue weighted by atomic mass is 19.1. The molecular formula is C16H17FN2O2. The molecule has 0 bridgehead atoms. The molecule has 0 aliphatic rings. The van der Waals surface area contributed by atoms with E-state index >= 15 is 0 Å². The van der Waals surface area contributed by atoms with Crippen molar-refractivity contribution in [3.8, 4) is 5.75 Å². The number of ether oxygens (including phenoxy) is 1. The molecule has 4 nitrogen and oxygen atoms in total. The first-order chi connectivity index (χ1) is 10.1. The van der Waals surface area contributed by atoms with Crippen molar-refractivity contribution in [2.75, 3.05) is 24.3 Å². The molecule has 0 saturated heterocycles. The molecular weight excluding hydrogens is 271 g/mol. The van der Waals surface area contributed by atoms with Crippen LogP contribution < -0.4 is 15.4 Å². The maximum Gasteiger partial charge on any atom is 0.262 e. The van der Waals surface area contributed by atoms with Gasteiger partial charge in [-0.2, -0.15) is 0 Å². The van der Waals surface area contributed by atoms with Crippen molar-refractivity contribution >= 4 is 17.3 Å². The molecule has 0 spiro atoms. The highest BCUT2D eigenvalue weighted by Crippen LogP contribution is 2.25. The summed E-state index contributed by atoms with van der Waals surface area (Å²) in [5.74, 6) is -0.133. The zero-order valence-electron chi connectivity index (χ0n) is 12.0. The Labute approximate surface area is 122 Å². The SMILES string of the molecule is CCN(C(=O)c1cc(N)ccc1OC)c1ccc(F)cc1. The number of hydrogen-bond donors (Lipinski definition) is 1. The highest BCUT2D eigenvalue weighted by molar-refractivity contribution is 6.08. The van der Waals surface area contributed by atoms with Gasteiger partial charge in [-0.05, 0) is 49.4 Å². The van der Waals surface area contributed by atoms with Crippen LogP contribution in [0.25, 0.3) is 0 Å². The van der Waals surface area contributed by atoms with Crippen LogP contribution in [0.15, 0.2) is 42.5 Å². The molecule has 5 heteroatoms. The number of carbonyl (C=O) groups excluding carboxylic acids is 1. The van der Waals surface area contributed by atoms with Gasteiger partial charge in [-0.15, -0.1) is 0 Å². The van der Waals surface area contributed by atoms with E-state index in [1.165, 1.54) is 24.1 Å². The Morgan fingerprint density at radius 3 is 2.48 bits per heavy atom. The third-order valence-electron chi connectivity index (χ3n) is 3.15. The second-order valence-corrected chi connectivity index (χ2v) is 4.49. The van der Waals surface area contributed by atoms with E-state index < -0.39 is 0 Å². The number of benzene rings is 2. The van der Waals surface area contributed by atoms with Crippen molar-refractivity contribution in [1.82, 2.24) is 0 Å². The Balaban J connectivity index is 2.41. The number of methoxy groups -OCH3 is 1. The summed E-state index contributed by atoms with van der Waals surface area (Å²) < 4.78 is 18.2. The quantitative estimate of drug-likeness (QED) is 0.880. The molecule has 0 unspecified atom stereocenters. The van der Waals surface area contributed by atoms with Crippen molar-refractivity contribution in [3.05, 3.63) is 53.8 Å². The molecule has 0 saturated carbocycles. The molecule has 2 aromatic rings. The highest BCUT2D eigenvalue weighted by Gasteiger charge is 2.20. The zero-order chi connectivity index (χ0) is 15.4. The third-order valence-corrected chi connectivity index (χ3v) is 3.15. The van der Waals surface area contributed by atoms with Gasteiger partial charge in [-0.3, -0.25) is 4.79 Å². The van der Waals surface area contributed by atoms with E-state index in [1.807, 2.05) is 6.92 Å². The number of rotatable bonds is 4. The first-order valence-corrected chi connectivity index (χ1v) is 6.57. The van der Waals surface area contributed by atoms with Crippen LogP contribution in [0, 0.1) is 5.82 Å². The van der Waals surface area contributed by atoms with Crippen LogP contribution >= 0.6 is 0 Å². The summed E-state index contributed by atoms with van der Waals surface area (Å²) >= 11 is 0. The summed E-state index contributed by atoms with van der Waals surface area (Å²) in [6.07, 6.45) is 0. The largest absolute Gasteiger partial charge is 0.496 e. The molecule has 2 rings (SSSR count). The van der Waals surface area contributed by atoms with E-state index in [1.54, 1.807) is 30.3 Å². The Morgan fingerprint density at radius 2 is 1.90 bits per heavy atom. The van der Waals surface area contributed by atoms with Crippen LogP contribution in [-0.2, 0) is 0 Å². The van der Waals surface area contributed by atoms with E-state index in [-0.39, 0.29) is 11.7 Å². The lowest BCUT2D eigenvalue weighted by Gasteiger charge is -2.22. The van der Waals surface area contributed by atoms with Gasteiger partial charge in [0, 0.05) is 17.9 Å². The molecule has 0 aliphatic heterocycles. The zero-order valence-corrected chi connectivity index (χ0v) is 12.0. The minimum Gasteiger partial charge on any atom is -0.496 e. The lowest BCUT2D eigenvalue weighted by atomic mass is 10.1. The average Bonchev–Trinajstić information content (AvgIpc) is 2.49. The molecule has 0 radical (unpaired) electrons. The van der Waals surface area contributed by atoms with E-state index in [2.05, 4.69) is 0 Å². The summed E-state index contributed by atoms with van der Waals surface area (Å²) in [6.45, 7) is 2.29. The van der Waals surface area contributed by atoms with Gasteiger partial charge in [0.25, 0.3) is 5.91 Å². The van der Waals surface area contributed by atoms with Gasteiger partial charge in [0.15, 0.2) is 0 Å². The minimum absolute atomic E-state index is 0.242. The Bertz CT molecular complexity index is 641. The minimum atomic E-state index is -0.344. The molecule has 0 aromatic heterocycles. The predicted molar refractivity (Wildman–Crippen MR) is 81.2 cm³/mol. The van der Waals surface area contributed by atoms with Gasteiger partial charge in [0.2, 0.25) is 0 Å². The maximum atomic E-state index is 13.0. The normalized spacial score (nSPS) is 10.2. The molecule has 2 N–H and O–H groups in total. The van der Waals surface area contributed by atoms with E-state index in [4.69, 9.17) is 10.5 Å². The molecule has 110 valence electrons. The standard InChI is InChI=1S/C16H17FN2O2/c1-3-19(13-7-4-11(17)5-8-13)16(20)14-10-12(18)6-9-15(14)21-2/h4-10H,3,18H2,1-2H3. The van der Waals surface area contributed by atoms with Gasteiger partial charge in [0.1, 0.15) is 11.6 Å². The number of amides is 1. The second kappa shape index (κ2) is 6.26. The lowest BCUT2D eigenvalue weighted by Crippen LogP contribution is -2.31. The van der Waals surface area contributed by atoms with Gasteiger partial charge in [-0.1, -0.05) is 0 Å². The number of nitrogens with two attached hydrogens (primary N) is 1. The van der Waals surface area contributed by atoms with Crippen LogP contribution in [0.3, 0.4) is 0 Å². The number of nitrogens with zero attached hydrogens (tertiary/aromatic N) is 1. The van der Waals surface area contributed by atoms with Crippen LogP contribution in [-0.4, -0.2) is 19.6 Å². The monoisotopic (exact) mass is 288 g/mol. The van der Waals surface area contributed by atoms with Crippen LogP contribution in [0.2, 0.25) is 0 Å². The Morgan fingerprint density at radius 1 is 1.24 bits per heavy atom. The molecule has 0 atom stereocenters. The molecule has 1 amide bonds. The molecule has 2 aromatic carbocycles. The molecule has 0 heterocycles. The number of nitrogen functional groups attached to an aromatic ring is 1. The fourth-order valence-corrected chi connectivity index (χ4v) is 2.10. The summed E-state index contributed by atoms with van der Waals surface area (Å²) in [5.41, 5.74) is 7.22.